The lowest BCUT2D eigenvalue weighted by molar-refractivity contribution is -0.142. The highest BCUT2D eigenvalue weighted by atomic mass is 32.2. The summed E-state index contributed by atoms with van der Waals surface area (Å²) in [5.41, 5.74) is 1.10. The van der Waals surface area contributed by atoms with Crippen LogP contribution in [0.1, 0.15) is 101 Å². The first-order valence-electron chi connectivity index (χ1n) is 19.7. The Bertz CT molecular complexity index is 1870. The van der Waals surface area contributed by atoms with Crippen molar-refractivity contribution >= 4 is 46.0 Å². The highest BCUT2D eigenvalue weighted by Crippen LogP contribution is 2.45. The van der Waals surface area contributed by atoms with E-state index in [4.69, 9.17) is 9.47 Å². The third-order valence-electron chi connectivity index (χ3n) is 12.2. The van der Waals surface area contributed by atoms with E-state index in [1.807, 2.05) is 32.0 Å². The number of cyclic esters (lactones) is 1. The summed E-state index contributed by atoms with van der Waals surface area (Å²) in [5, 5.41) is 4.99. The Morgan fingerprint density at radius 2 is 1.82 bits per heavy atom. The van der Waals surface area contributed by atoms with Crippen molar-refractivity contribution in [1.82, 2.24) is 25.2 Å². The maximum absolute atomic E-state index is 14.7. The Morgan fingerprint density at radius 3 is 2.53 bits per heavy atom. The van der Waals surface area contributed by atoms with Gasteiger partial charge in [0, 0.05) is 18.9 Å². The number of benzene rings is 1. The maximum atomic E-state index is 14.7. The van der Waals surface area contributed by atoms with Crippen molar-refractivity contribution in [3.8, 4) is 0 Å². The average molecular weight is 780 g/mol. The van der Waals surface area contributed by atoms with Gasteiger partial charge in [0.05, 0.1) is 24.9 Å². The van der Waals surface area contributed by atoms with E-state index in [1.54, 1.807) is 4.90 Å². The number of nitrogens with one attached hydrogen (secondary N) is 3. The number of hydrogen-bond donors (Lipinski definition) is 3. The standard InChI is InChI=1S/C40H53N5O9S/c1-4-28-20-40(28,36(48)43-55(51,52)30-16-17-30)42-34(46)32-19-29-22-45(32)35(47)33(26-12-6-5-7-13-26)41-37(49)53-24-39(2,3)18-9-8-11-25-14-10-15-27-21-44(23-31(25)27)38(50)54-29/h4,8,10-11,14-15,26,28-30,32-33H,1,5-7,9,12-13,16-24H2,2-3H3,(H,41,49)(H,42,46)(H,43,48)/b11-8+/t28-,29-,32+,33+,40-/m1/s1. The second-order valence-corrected chi connectivity index (χ2v) is 18.9. The zero-order valence-corrected chi connectivity index (χ0v) is 32.5. The van der Waals surface area contributed by atoms with Crippen LogP contribution in [0.25, 0.3) is 6.08 Å². The molecule has 6 aliphatic rings. The quantitative estimate of drug-likeness (QED) is 0.341. The predicted molar refractivity (Wildman–Crippen MR) is 202 cm³/mol. The van der Waals surface area contributed by atoms with Gasteiger partial charge in [-0.15, -0.1) is 6.58 Å². The SMILES string of the molecule is C=C[C@@H]1C[C@]1(NC(=O)[C@@H]1C[C@@H]2CN1C(=O)[C@H](C1CCCCC1)NC(=O)OCC(C)(C)CC/C=C/c1cccc3c1CN(C3)C(=O)O2)C(=O)NS(=O)(=O)C1CC1. The molecular formula is C40H53N5O9S. The molecule has 3 aliphatic carbocycles. The topological polar surface area (TPSA) is 181 Å². The molecular weight excluding hydrogens is 727 g/mol. The van der Waals surface area contributed by atoms with Gasteiger partial charge in [-0.05, 0) is 73.0 Å². The molecule has 3 saturated carbocycles. The number of rotatable bonds is 7. The molecule has 14 nitrogen and oxygen atoms in total. The highest BCUT2D eigenvalue weighted by molar-refractivity contribution is 7.91. The molecule has 4 fully saturated rings. The first-order valence-corrected chi connectivity index (χ1v) is 21.2. The third-order valence-corrected chi connectivity index (χ3v) is 14.0. The molecule has 3 N–H and O–H groups in total. The van der Waals surface area contributed by atoms with Gasteiger partial charge in [-0.1, -0.05) is 69.5 Å². The van der Waals surface area contributed by atoms with Gasteiger partial charge < -0.3 is 25.0 Å². The van der Waals surface area contributed by atoms with Gasteiger partial charge in [0.15, 0.2) is 0 Å². The second kappa shape index (κ2) is 15.3. The summed E-state index contributed by atoms with van der Waals surface area (Å²) in [6.45, 7) is 8.52. The molecule has 5 atom stereocenters. The molecule has 0 radical (unpaired) electrons. The number of amides is 5. The molecule has 7 rings (SSSR count). The molecule has 1 aromatic carbocycles. The number of alkyl carbamates (subject to hydrolysis) is 1. The highest BCUT2D eigenvalue weighted by Gasteiger charge is 2.62. The Balaban J connectivity index is 1.18. The van der Waals surface area contributed by atoms with Crippen LogP contribution in [0.2, 0.25) is 0 Å². The fourth-order valence-corrected chi connectivity index (χ4v) is 9.92. The minimum absolute atomic E-state index is 0.0645. The van der Waals surface area contributed by atoms with Gasteiger partial charge in [0.1, 0.15) is 23.7 Å². The zero-order chi connectivity index (χ0) is 39.1. The summed E-state index contributed by atoms with van der Waals surface area (Å²) < 4.78 is 39.4. The van der Waals surface area contributed by atoms with Crippen LogP contribution in [-0.2, 0) is 47.0 Å². The van der Waals surface area contributed by atoms with Crippen LogP contribution in [0.15, 0.2) is 36.9 Å². The fourth-order valence-electron chi connectivity index (χ4n) is 8.56. The van der Waals surface area contributed by atoms with Gasteiger partial charge in [0.2, 0.25) is 21.8 Å². The Morgan fingerprint density at radius 1 is 1.05 bits per heavy atom. The Labute approximate surface area is 322 Å². The van der Waals surface area contributed by atoms with Crippen molar-refractivity contribution in [2.24, 2.45) is 17.3 Å². The number of sulfonamides is 1. The van der Waals surface area contributed by atoms with Crippen LogP contribution < -0.4 is 15.4 Å². The van der Waals surface area contributed by atoms with Crippen molar-refractivity contribution in [3.05, 3.63) is 53.6 Å². The van der Waals surface area contributed by atoms with Gasteiger partial charge in [0.25, 0.3) is 5.91 Å². The summed E-state index contributed by atoms with van der Waals surface area (Å²) in [4.78, 5) is 72.7. The molecule has 4 bridgehead atoms. The molecule has 3 aliphatic heterocycles. The van der Waals surface area contributed by atoms with Crippen molar-refractivity contribution in [2.45, 2.75) is 127 Å². The second-order valence-electron chi connectivity index (χ2n) is 17.0. The lowest BCUT2D eigenvalue weighted by Gasteiger charge is -2.35. The van der Waals surface area contributed by atoms with E-state index in [0.717, 1.165) is 48.8 Å². The van der Waals surface area contributed by atoms with E-state index in [1.165, 1.54) is 11.0 Å². The monoisotopic (exact) mass is 779 g/mol. The maximum Gasteiger partial charge on any atom is 0.410 e. The summed E-state index contributed by atoms with van der Waals surface area (Å²) in [5.74, 6) is -2.80. The number of carbonyl (C=O) groups is 5. The number of fused-ring (bicyclic) bond motifs is 3. The lowest BCUT2D eigenvalue weighted by atomic mass is 9.83. The van der Waals surface area contributed by atoms with E-state index in [2.05, 4.69) is 34.1 Å². The van der Waals surface area contributed by atoms with Crippen molar-refractivity contribution in [1.29, 1.82) is 0 Å². The van der Waals surface area contributed by atoms with Crippen LogP contribution in [0.5, 0.6) is 0 Å². The van der Waals surface area contributed by atoms with Crippen molar-refractivity contribution in [3.63, 3.8) is 0 Å². The summed E-state index contributed by atoms with van der Waals surface area (Å²) in [7, 11) is -3.91. The number of allylic oxidation sites excluding steroid dienone is 1. The fraction of sp³-hybridized carbons (Fsp3) is 0.625. The summed E-state index contributed by atoms with van der Waals surface area (Å²) in [6, 6.07) is 3.75. The van der Waals surface area contributed by atoms with Gasteiger partial charge in [-0.3, -0.25) is 24.0 Å². The van der Waals surface area contributed by atoms with Crippen LogP contribution in [-0.4, -0.2) is 90.3 Å². The minimum atomic E-state index is -3.91. The molecule has 5 amide bonds. The van der Waals surface area contributed by atoms with E-state index in [0.29, 0.717) is 38.8 Å². The minimum Gasteiger partial charge on any atom is -0.449 e. The summed E-state index contributed by atoms with van der Waals surface area (Å²) in [6.07, 6.45) is 10.0. The van der Waals surface area contributed by atoms with Crippen LogP contribution >= 0.6 is 0 Å². The molecule has 0 unspecified atom stereocenters. The number of hydrogen-bond acceptors (Lipinski definition) is 9. The first-order chi connectivity index (χ1) is 26.2. The summed E-state index contributed by atoms with van der Waals surface area (Å²) >= 11 is 0. The Hall–Kier alpha value is -4.40. The van der Waals surface area contributed by atoms with E-state index in [-0.39, 0.29) is 37.3 Å². The molecule has 0 aromatic heterocycles. The molecule has 15 heteroatoms. The normalized spacial score (nSPS) is 30.7. The van der Waals surface area contributed by atoms with Gasteiger partial charge in [-0.2, -0.15) is 0 Å². The van der Waals surface area contributed by atoms with E-state index < -0.39 is 74.8 Å². The molecule has 1 saturated heterocycles. The number of ether oxygens (including phenoxy) is 2. The largest absolute Gasteiger partial charge is 0.449 e. The molecule has 298 valence electrons. The average Bonchev–Trinajstić information content (AvgIpc) is 4.05. The van der Waals surface area contributed by atoms with Crippen LogP contribution in [0, 0.1) is 17.3 Å². The zero-order valence-electron chi connectivity index (χ0n) is 31.7. The van der Waals surface area contributed by atoms with Gasteiger partial charge in [-0.25, -0.2) is 18.0 Å². The molecule has 55 heavy (non-hydrogen) atoms. The van der Waals surface area contributed by atoms with Crippen molar-refractivity contribution in [2.75, 3.05) is 13.2 Å². The third kappa shape index (κ3) is 8.41. The number of nitrogens with zero attached hydrogens (tertiary/aromatic N) is 2. The van der Waals surface area contributed by atoms with Crippen LogP contribution in [0.4, 0.5) is 9.59 Å². The predicted octanol–water partition coefficient (Wildman–Crippen LogP) is 4.29. The van der Waals surface area contributed by atoms with Crippen LogP contribution in [0.3, 0.4) is 0 Å². The Kier molecular flexibility index (Phi) is 10.8. The number of carbonyl (C=O) groups excluding carboxylic acids is 5. The molecule has 3 heterocycles. The lowest BCUT2D eigenvalue weighted by Crippen LogP contribution is -2.59. The van der Waals surface area contributed by atoms with Crippen molar-refractivity contribution < 1.29 is 41.9 Å². The first kappa shape index (κ1) is 38.9. The van der Waals surface area contributed by atoms with Gasteiger partial charge >= 0.3 is 12.2 Å². The molecule has 1 aromatic rings. The van der Waals surface area contributed by atoms with E-state index in [9.17, 15) is 32.4 Å². The van der Waals surface area contributed by atoms with E-state index >= 15 is 0 Å². The smallest absolute Gasteiger partial charge is 0.410 e. The molecule has 0 spiro atoms.